The molecule has 26 heavy (non-hydrogen) atoms. The summed E-state index contributed by atoms with van der Waals surface area (Å²) in [6.45, 7) is 6.65. The lowest BCUT2D eigenvalue weighted by atomic mass is 9.97. The van der Waals surface area contributed by atoms with Gasteiger partial charge in [0.1, 0.15) is 11.4 Å². The number of esters is 1. The molecular weight excluding hydrogens is 338 g/mol. The summed E-state index contributed by atoms with van der Waals surface area (Å²) in [7, 11) is 1.18. The third-order valence-corrected chi connectivity index (χ3v) is 3.71. The van der Waals surface area contributed by atoms with Crippen molar-refractivity contribution in [3.63, 3.8) is 0 Å². The summed E-state index contributed by atoms with van der Waals surface area (Å²) >= 11 is 0. The molecule has 1 atom stereocenters. The standard InChI is InChI=1S/C19H23NO6/c1-12-14(15(21)13-9-7-6-8-10-13)11-19(25-12,16(22)24-5)20-17(23)26-18(2,3)4/h6-10H,11H2,1-5H3,(H,20,23). The van der Waals surface area contributed by atoms with Crippen LogP contribution in [-0.2, 0) is 19.0 Å². The average molecular weight is 361 g/mol. The number of nitrogens with one attached hydrogen (secondary N) is 1. The Morgan fingerprint density at radius 3 is 2.31 bits per heavy atom. The molecule has 0 aromatic heterocycles. The molecule has 1 amide bonds. The molecule has 0 radical (unpaired) electrons. The number of hydrogen-bond donors (Lipinski definition) is 1. The highest BCUT2D eigenvalue weighted by atomic mass is 16.6. The van der Waals surface area contributed by atoms with Gasteiger partial charge in [-0.2, -0.15) is 0 Å². The Hall–Kier alpha value is -2.83. The molecule has 0 aliphatic carbocycles. The second kappa shape index (κ2) is 7.19. The van der Waals surface area contributed by atoms with Gasteiger partial charge in [0.15, 0.2) is 5.78 Å². The van der Waals surface area contributed by atoms with Crippen LogP contribution in [0.2, 0.25) is 0 Å². The summed E-state index contributed by atoms with van der Waals surface area (Å²) in [4.78, 5) is 37.2. The lowest BCUT2D eigenvalue weighted by Gasteiger charge is -2.29. The minimum atomic E-state index is -1.83. The van der Waals surface area contributed by atoms with Gasteiger partial charge in [0, 0.05) is 11.1 Å². The molecule has 0 saturated heterocycles. The molecule has 1 aromatic carbocycles. The summed E-state index contributed by atoms with van der Waals surface area (Å²) in [6.07, 6.45) is -0.998. The van der Waals surface area contributed by atoms with Gasteiger partial charge in [0.2, 0.25) is 0 Å². The van der Waals surface area contributed by atoms with Crippen molar-refractivity contribution >= 4 is 17.8 Å². The number of hydrogen-bond acceptors (Lipinski definition) is 6. The Bertz CT molecular complexity index is 747. The highest BCUT2D eigenvalue weighted by molar-refractivity contribution is 6.10. The van der Waals surface area contributed by atoms with Gasteiger partial charge in [-0.25, -0.2) is 9.59 Å². The van der Waals surface area contributed by atoms with Crippen LogP contribution in [0.5, 0.6) is 0 Å². The minimum Gasteiger partial charge on any atom is -0.465 e. The smallest absolute Gasteiger partial charge is 0.411 e. The molecule has 1 N–H and O–H groups in total. The van der Waals surface area contributed by atoms with E-state index in [-0.39, 0.29) is 23.5 Å². The van der Waals surface area contributed by atoms with Gasteiger partial charge < -0.3 is 14.2 Å². The van der Waals surface area contributed by atoms with Crippen molar-refractivity contribution < 1.29 is 28.6 Å². The zero-order valence-electron chi connectivity index (χ0n) is 15.5. The first kappa shape index (κ1) is 19.5. The van der Waals surface area contributed by atoms with Crippen LogP contribution in [0.4, 0.5) is 4.79 Å². The summed E-state index contributed by atoms with van der Waals surface area (Å²) in [6, 6.07) is 8.62. The second-order valence-corrected chi connectivity index (χ2v) is 6.95. The molecule has 1 aliphatic rings. The second-order valence-electron chi connectivity index (χ2n) is 6.95. The van der Waals surface area contributed by atoms with Gasteiger partial charge in [-0.1, -0.05) is 30.3 Å². The number of Topliss-reactive ketones (excluding diaryl/α,β-unsaturated/α-hetero) is 1. The zero-order valence-corrected chi connectivity index (χ0v) is 15.5. The Labute approximate surface area is 152 Å². The maximum absolute atomic E-state index is 12.7. The number of benzene rings is 1. The molecule has 0 bridgehead atoms. The molecule has 1 aliphatic heterocycles. The summed E-state index contributed by atoms with van der Waals surface area (Å²) in [5.74, 6) is -0.848. The number of alkyl carbamates (subject to hydrolysis) is 1. The van der Waals surface area contributed by atoms with Gasteiger partial charge in [-0.05, 0) is 27.7 Å². The Morgan fingerprint density at radius 1 is 1.15 bits per heavy atom. The number of rotatable bonds is 4. The van der Waals surface area contributed by atoms with Crippen LogP contribution < -0.4 is 5.32 Å². The molecule has 1 heterocycles. The number of carbonyl (C=O) groups is 3. The van der Waals surface area contributed by atoms with E-state index in [9.17, 15) is 14.4 Å². The fraction of sp³-hybridized carbons (Fsp3) is 0.421. The van der Waals surface area contributed by atoms with Gasteiger partial charge in [0.05, 0.1) is 13.5 Å². The lowest BCUT2D eigenvalue weighted by Crippen LogP contribution is -2.56. The maximum Gasteiger partial charge on any atom is 0.411 e. The van der Waals surface area contributed by atoms with E-state index < -0.39 is 23.4 Å². The third-order valence-electron chi connectivity index (χ3n) is 3.71. The number of carbonyl (C=O) groups excluding carboxylic acids is 3. The molecule has 2 rings (SSSR count). The summed E-state index contributed by atoms with van der Waals surface area (Å²) in [5.41, 5.74) is -1.84. The monoisotopic (exact) mass is 361 g/mol. The maximum atomic E-state index is 12.7. The summed E-state index contributed by atoms with van der Waals surface area (Å²) in [5, 5.41) is 2.41. The molecular formula is C19H23NO6. The van der Waals surface area contributed by atoms with Crippen LogP contribution >= 0.6 is 0 Å². The molecule has 0 fully saturated rings. The van der Waals surface area contributed by atoms with Crippen LogP contribution in [0.25, 0.3) is 0 Å². The fourth-order valence-electron chi connectivity index (χ4n) is 2.60. The molecule has 140 valence electrons. The van der Waals surface area contributed by atoms with E-state index in [1.165, 1.54) is 7.11 Å². The fourth-order valence-corrected chi connectivity index (χ4v) is 2.60. The van der Waals surface area contributed by atoms with E-state index >= 15 is 0 Å². The number of methoxy groups -OCH3 is 1. The Balaban J connectivity index is 2.27. The Kier molecular flexibility index (Phi) is 5.39. The van der Waals surface area contributed by atoms with Crippen LogP contribution in [0.1, 0.15) is 44.5 Å². The van der Waals surface area contributed by atoms with Crippen molar-refractivity contribution in [2.24, 2.45) is 0 Å². The van der Waals surface area contributed by atoms with E-state index in [4.69, 9.17) is 14.2 Å². The van der Waals surface area contributed by atoms with E-state index in [1.54, 1.807) is 58.0 Å². The average Bonchev–Trinajstić information content (AvgIpc) is 2.89. The predicted molar refractivity (Wildman–Crippen MR) is 93.3 cm³/mol. The first-order valence-corrected chi connectivity index (χ1v) is 8.16. The molecule has 0 spiro atoms. The van der Waals surface area contributed by atoms with Crippen LogP contribution in [-0.4, -0.2) is 36.3 Å². The van der Waals surface area contributed by atoms with Crippen LogP contribution in [0, 0.1) is 0 Å². The van der Waals surface area contributed by atoms with E-state index in [0.29, 0.717) is 5.56 Å². The normalized spacial score (nSPS) is 19.6. The molecule has 1 aromatic rings. The highest BCUT2D eigenvalue weighted by Crippen LogP contribution is 2.35. The van der Waals surface area contributed by atoms with E-state index in [1.807, 2.05) is 0 Å². The van der Waals surface area contributed by atoms with Gasteiger partial charge >= 0.3 is 12.1 Å². The Morgan fingerprint density at radius 2 is 1.77 bits per heavy atom. The van der Waals surface area contributed by atoms with Crippen molar-refractivity contribution in [3.05, 3.63) is 47.2 Å². The van der Waals surface area contributed by atoms with Gasteiger partial charge in [-0.3, -0.25) is 10.1 Å². The van der Waals surface area contributed by atoms with Crippen LogP contribution in [0.15, 0.2) is 41.7 Å². The number of amides is 1. The first-order chi connectivity index (χ1) is 12.1. The highest BCUT2D eigenvalue weighted by Gasteiger charge is 2.51. The van der Waals surface area contributed by atoms with Gasteiger partial charge in [-0.15, -0.1) is 0 Å². The van der Waals surface area contributed by atoms with Gasteiger partial charge in [0.25, 0.3) is 5.72 Å². The minimum absolute atomic E-state index is 0.154. The first-order valence-electron chi connectivity index (χ1n) is 8.16. The number of ketones is 1. The predicted octanol–water partition coefficient (Wildman–Crippen LogP) is 2.96. The van der Waals surface area contributed by atoms with E-state index in [2.05, 4.69) is 5.32 Å². The molecule has 7 heteroatoms. The van der Waals surface area contributed by atoms with Crippen molar-refractivity contribution in [1.29, 1.82) is 0 Å². The van der Waals surface area contributed by atoms with Crippen molar-refractivity contribution in [1.82, 2.24) is 5.32 Å². The SMILES string of the molecule is COC(=O)C1(NC(=O)OC(C)(C)C)CC(C(=O)c2ccccc2)=C(C)O1. The third kappa shape index (κ3) is 4.22. The lowest BCUT2D eigenvalue weighted by molar-refractivity contribution is -0.165. The molecule has 0 saturated carbocycles. The molecule has 1 unspecified atom stereocenters. The molecule has 7 nitrogen and oxygen atoms in total. The number of ether oxygens (including phenoxy) is 3. The van der Waals surface area contributed by atoms with E-state index in [0.717, 1.165) is 0 Å². The topological polar surface area (TPSA) is 90.9 Å². The largest absolute Gasteiger partial charge is 0.465 e. The number of allylic oxidation sites excluding steroid dienone is 1. The van der Waals surface area contributed by atoms with Crippen molar-refractivity contribution in [2.75, 3.05) is 7.11 Å². The van der Waals surface area contributed by atoms with Crippen molar-refractivity contribution in [3.8, 4) is 0 Å². The van der Waals surface area contributed by atoms with Crippen LogP contribution in [0.3, 0.4) is 0 Å². The quantitative estimate of drug-likeness (QED) is 0.655. The summed E-state index contributed by atoms with van der Waals surface area (Å²) < 4.78 is 15.6. The zero-order chi connectivity index (χ0) is 19.5. The van der Waals surface area contributed by atoms with Crippen molar-refractivity contribution in [2.45, 2.75) is 45.4 Å².